The first kappa shape index (κ1) is 10.2. The van der Waals surface area contributed by atoms with Gasteiger partial charge in [0, 0.05) is 11.3 Å². The van der Waals surface area contributed by atoms with Crippen molar-refractivity contribution in [2.45, 2.75) is 44.9 Å². The first-order valence-corrected chi connectivity index (χ1v) is 5.62. The fourth-order valence-electron chi connectivity index (χ4n) is 2.17. The average Bonchev–Trinajstić information content (AvgIpc) is 2.29. The van der Waals surface area contributed by atoms with Crippen LogP contribution in [0.2, 0.25) is 0 Å². The monoisotopic (exact) mass is 208 g/mol. The van der Waals surface area contributed by atoms with E-state index in [0.29, 0.717) is 0 Å². The van der Waals surface area contributed by atoms with Crippen LogP contribution in [0.4, 0.5) is 0 Å². The largest absolute Gasteiger partial charge is 0.325 e. The summed E-state index contributed by atoms with van der Waals surface area (Å²) in [5, 5.41) is 0. The van der Waals surface area contributed by atoms with E-state index in [1.165, 1.54) is 19.3 Å². The minimum Gasteiger partial charge on any atom is -0.311 e. The zero-order chi connectivity index (χ0) is 10.7. The molecule has 0 bridgehead atoms. The standard InChI is InChI=1S/C11H16N2O2/c14-10-8-6-4-2-1-3-5-7-9(8)12-11(15)13-10/h1-7H2,(H2,12,13,14,15). The smallest absolute Gasteiger partial charge is 0.311 e. The molecule has 82 valence electrons. The molecule has 0 aliphatic heterocycles. The summed E-state index contributed by atoms with van der Waals surface area (Å²) < 4.78 is 0. The lowest BCUT2D eigenvalue weighted by molar-refractivity contribution is 0.628. The summed E-state index contributed by atoms with van der Waals surface area (Å²) in [6.07, 6.45) is 7.33. The minimum atomic E-state index is -0.377. The van der Waals surface area contributed by atoms with Crippen LogP contribution >= 0.6 is 0 Å². The van der Waals surface area contributed by atoms with E-state index in [-0.39, 0.29) is 11.2 Å². The molecule has 2 N–H and O–H groups in total. The molecular weight excluding hydrogens is 192 g/mol. The number of aromatic nitrogens is 2. The second kappa shape index (κ2) is 4.47. The Labute approximate surface area is 87.7 Å². The molecule has 15 heavy (non-hydrogen) atoms. The van der Waals surface area contributed by atoms with Gasteiger partial charge in [0.25, 0.3) is 5.56 Å². The van der Waals surface area contributed by atoms with Gasteiger partial charge < -0.3 is 4.98 Å². The number of hydrogen-bond donors (Lipinski definition) is 2. The summed E-state index contributed by atoms with van der Waals surface area (Å²) in [5.74, 6) is 0. The highest BCUT2D eigenvalue weighted by Gasteiger charge is 2.10. The van der Waals surface area contributed by atoms with Crippen LogP contribution in [0.25, 0.3) is 0 Å². The Morgan fingerprint density at radius 3 is 2.27 bits per heavy atom. The van der Waals surface area contributed by atoms with Crippen molar-refractivity contribution in [3.63, 3.8) is 0 Å². The third-order valence-electron chi connectivity index (χ3n) is 2.98. The Kier molecular flexibility index (Phi) is 3.04. The van der Waals surface area contributed by atoms with Crippen LogP contribution in [0, 0.1) is 0 Å². The predicted octanol–water partition coefficient (Wildman–Crippen LogP) is 1.11. The molecule has 1 aromatic rings. The van der Waals surface area contributed by atoms with Gasteiger partial charge in [0.05, 0.1) is 0 Å². The Bertz CT molecular complexity index is 445. The third kappa shape index (κ3) is 2.37. The van der Waals surface area contributed by atoms with Crippen LogP contribution < -0.4 is 11.2 Å². The highest BCUT2D eigenvalue weighted by Crippen LogP contribution is 2.14. The van der Waals surface area contributed by atoms with Crippen molar-refractivity contribution in [3.8, 4) is 0 Å². The summed E-state index contributed by atoms with van der Waals surface area (Å²) in [6, 6.07) is 0. The van der Waals surface area contributed by atoms with E-state index in [1.54, 1.807) is 0 Å². The van der Waals surface area contributed by atoms with Crippen LogP contribution in [0.3, 0.4) is 0 Å². The van der Waals surface area contributed by atoms with Gasteiger partial charge in [0.2, 0.25) is 0 Å². The summed E-state index contributed by atoms with van der Waals surface area (Å²) in [4.78, 5) is 27.8. The van der Waals surface area contributed by atoms with Crippen molar-refractivity contribution in [1.29, 1.82) is 0 Å². The average molecular weight is 208 g/mol. The Morgan fingerprint density at radius 2 is 1.47 bits per heavy atom. The van der Waals surface area contributed by atoms with Crippen LogP contribution in [0.15, 0.2) is 9.59 Å². The van der Waals surface area contributed by atoms with Gasteiger partial charge in [-0.3, -0.25) is 9.78 Å². The summed E-state index contributed by atoms with van der Waals surface area (Å²) in [6.45, 7) is 0. The zero-order valence-electron chi connectivity index (χ0n) is 8.77. The fourth-order valence-corrected chi connectivity index (χ4v) is 2.17. The predicted molar refractivity (Wildman–Crippen MR) is 58.2 cm³/mol. The number of fused-ring (bicyclic) bond motifs is 1. The molecule has 4 nitrogen and oxygen atoms in total. The van der Waals surface area contributed by atoms with Gasteiger partial charge >= 0.3 is 5.69 Å². The molecule has 1 aliphatic carbocycles. The molecule has 0 saturated carbocycles. The van der Waals surface area contributed by atoms with Gasteiger partial charge in [-0.25, -0.2) is 4.79 Å². The van der Waals surface area contributed by atoms with Crippen LogP contribution in [-0.2, 0) is 12.8 Å². The lowest BCUT2D eigenvalue weighted by atomic mass is 10.1. The highest BCUT2D eigenvalue weighted by molar-refractivity contribution is 5.16. The number of hydrogen-bond acceptors (Lipinski definition) is 2. The second-order valence-corrected chi connectivity index (χ2v) is 4.13. The van der Waals surface area contributed by atoms with Gasteiger partial charge in [0.1, 0.15) is 0 Å². The van der Waals surface area contributed by atoms with E-state index in [2.05, 4.69) is 9.97 Å². The Morgan fingerprint density at radius 1 is 0.800 bits per heavy atom. The molecule has 0 atom stereocenters. The molecule has 2 rings (SSSR count). The zero-order valence-corrected chi connectivity index (χ0v) is 8.77. The van der Waals surface area contributed by atoms with Crippen LogP contribution in [-0.4, -0.2) is 9.97 Å². The maximum atomic E-state index is 11.6. The molecule has 0 aromatic carbocycles. The SMILES string of the molecule is O=c1[nH]c2c(c(=O)[nH]1)CCCCCCC2. The number of nitrogens with one attached hydrogen (secondary N) is 2. The number of rotatable bonds is 0. The molecule has 1 heterocycles. The molecule has 0 spiro atoms. The van der Waals surface area contributed by atoms with Crippen molar-refractivity contribution in [2.24, 2.45) is 0 Å². The topological polar surface area (TPSA) is 65.7 Å². The summed E-state index contributed by atoms with van der Waals surface area (Å²) >= 11 is 0. The minimum absolute atomic E-state index is 0.198. The summed E-state index contributed by atoms with van der Waals surface area (Å²) in [7, 11) is 0. The van der Waals surface area contributed by atoms with E-state index in [9.17, 15) is 9.59 Å². The highest BCUT2D eigenvalue weighted by atomic mass is 16.2. The van der Waals surface area contributed by atoms with Crippen LogP contribution in [0.5, 0.6) is 0 Å². The van der Waals surface area contributed by atoms with Crippen molar-refractivity contribution in [3.05, 3.63) is 32.1 Å². The van der Waals surface area contributed by atoms with Gasteiger partial charge in [-0.2, -0.15) is 0 Å². The second-order valence-electron chi connectivity index (χ2n) is 4.13. The van der Waals surface area contributed by atoms with E-state index in [1.807, 2.05) is 0 Å². The van der Waals surface area contributed by atoms with E-state index in [0.717, 1.165) is 36.9 Å². The molecule has 4 heteroatoms. The van der Waals surface area contributed by atoms with Gasteiger partial charge in [-0.05, 0) is 25.7 Å². The molecule has 0 fully saturated rings. The molecule has 1 aliphatic rings. The molecular formula is C11H16N2O2. The van der Waals surface area contributed by atoms with Gasteiger partial charge in [-0.1, -0.05) is 19.3 Å². The van der Waals surface area contributed by atoms with E-state index < -0.39 is 0 Å². The van der Waals surface area contributed by atoms with Gasteiger partial charge in [0.15, 0.2) is 0 Å². The maximum Gasteiger partial charge on any atom is 0.325 e. The van der Waals surface area contributed by atoms with Crippen molar-refractivity contribution in [1.82, 2.24) is 9.97 Å². The van der Waals surface area contributed by atoms with Crippen LogP contribution in [0.1, 0.15) is 43.4 Å². The molecule has 0 radical (unpaired) electrons. The first-order chi connectivity index (χ1) is 7.27. The fraction of sp³-hybridized carbons (Fsp3) is 0.636. The third-order valence-corrected chi connectivity index (χ3v) is 2.98. The molecule has 0 saturated heterocycles. The van der Waals surface area contributed by atoms with Crippen molar-refractivity contribution < 1.29 is 0 Å². The number of aromatic amines is 2. The maximum absolute atomic E-state index is 11.6. The Hall–Kier alpha value is -1.32. The molecule has 1 aromatic heterocycles. The lowest BCUT2D eigenvalue weighted by Gasteiger charge is -2.04. The summed E-state index contributed by atoms with van der Waals surface area (Å²) in [5.41, 5.74) is 1.07. The van der Waals surface area contributed by atoms with Gasteiger partial charge in [-0.15, -0.1) is 0 Å². The van der Waals surface area contributed by atoms with Crippen molar-refractivity contribution in [2.75, 3.05) is 0 Å². The molecule has 0 unspecified atom stereocenters. The normalized spacial score (nSPS) is 17.3. The van der Waals surface area contributed by atoms with E-state index >= 15 is 0 Å². The van der Waals surface area contributed by atoms with Crippen molar-refractivity contribution >= 4 is 0 Å². The van der Waals surface area contributed by atoms with E-state index in [4.69, 9.17) is 0 Å². The molecule has 0 amide bonds. The first-order valence-electron chi connectivity index (χ1n) is 5.62. The number of aryl methyl sites for hydroxylation is 1. The quantitative estimate of drug-likeness (QED) is 0.670. The lowest BCUT2D eigenvalue weighted by Crippen LogP contribution is -2.28. The Balaban J connectivity index is 2.41. The number of H-pyrrole nitrogens is 2.